The molecule has 3 heteroatoms. The number of Topliss-reactive ketones (excluding diaryl/α,β-unsaturated/α-hetero) is 1. The Kier molecular flexibility index (Phi) is 2.91. The van der Waals surface area contributed by atoms with E-state index in [9.17, 15) is 4.79 Å². The highest BCUT2D eigenvalue weighted by atomic mass is 16.1. The lowest BCUT2D eigenvalue weighted by atomic mass is 10.0. The van der Waals surface area contributed by atoms with Gasteiger partial charge in [-0.25, -0.2) is 5.32 Å². The summed E-state index contributed by atoms with van der Waals surface area (Å²) in [4.78, 5) is 11.9. The number of carbonyl (C=O) groups excluding carboxylic acids is 1. The van der Waals surface area contributed by atoms with Gasteiger partial charge in [0.05, 0.1) is 0 Å². The summed E-state index contributed by atoms with van der Waals surface area (Å²) in [5, 5.41) is 7.46. The van der Waals surface area contributed by atoms with Crippen LogP contribution in [0.25, 0.3) is 0 Å². The molecular formula is C11H13N2O. The molecule has 1 aromatic rings. The van der Waals surface area contributed by atoms with Crippen LogP contribution in [0.2, 0.25) is 0 Å². The maximum absolute atomic E-state index is 11.9. The quantitative estimate of drug-likeness (QED) is 0.686. The molecule has 73 valence electrons. The Balaban J connectivity index is 2.07. The van der Waals surface area contributed by atoms with E-state index < -0.39 is 0 Å². The third kappa shape index (κ3) is 2.00. The van der Waals surface area contributed by atoms with Crippen molar-refractivity contribution in [2.75, 3.05) is 19.6 Å². The number of nitrogens with one attached hydrogen (secondary N) is 1. The number of ketones is 1. The monoisotopic (exact) mass is 189 g/mol. The van der Waals surface area contributed by atoms with Crippen LogP contribution >= 0.6 is 0 Å². The molecule has 3 nitrogen and oxygen atoms in total. The summed E-state index contributed by atoms with van der Waals surface area (Å²) in [6.45, 7) is 2.30. The molecule has 0 amide bonds. The summed E-state index contributed by atoms with van der Waals surface area (Å²) in [5.74, 6) is 0.123. The minimum Gasteiger partial charge on any atom is -0.313 e. The summed E-state index contributed by atoms with van der Waals surface area (Å²) in [6.07, 6.45) is 0. The van der Waals surface area contributed by atoms with E-state index in [1.807, 2.05) is 30.3 Å². The Bertz CT molecular complexity index is 304. The van der Waals surface area contributed by atoms with E-state index in [0.29, 0.717) is 6.54 Å². The first-order valence-corrected chi connectivity index (χ1v) is 4.84. The minimum atomic E-state index is -0.189. The molecule has 1 fully saturated rings. The predicted molar refractivity (Wildman–Crippen MR) is 54.4 cm³/mol. The van der Waals surface area contributed by atoms with Gasteiger partial charge in [-0.3, -0.25) is 4.79 Å². The highest BCUT2D eigenvalue weighted by Gasteiger charge is 2.22. The second-order valence-electron chi connectivity index (χ2n) is 3.36. The average Bonchev–Trinajstić information content (AvgIpc) is 2.30. The third-order valence-corrected chi connectivity index (χ3v) is 2.34. The summed E-state index contributed by atoms with van der Waals surface area (Å²) in [7, 11) is 0. The molecule has 1 radical (unpaired) electrons. The molecular weight excluding hydrogens is 176 g/mol. The molecule has 0 bridgehead atoms. The molecule has 1 aliphatic rings. The van der Waals surface area contributed by atoms with Gasteiger partial charge in [-0.15, -0.1) is 0 Å². The fraction of sp³-hybridized carbons (Fsp3) is 0.364. The molecule has 1 unspecified atom stereocenters. The molecule has 1 N–H and O–H groups in total. The van der Waals surface area contributed by atoms with Crippen molar-refractivity contribution in [1.82, 2.24) is 10.6 Å². The minimum absolute atomic E-state index is 0.123. The zero-order valence-electron chi connectivity index (χ0n) is 7.94. The summed E-state index contributed by atoms with van der Waals surface area (Å²) in [5.41, 5.74) is 0.755. The SMILES string of the molecule is O=C(c1ccccc1)C1CNCC[N]1. The Hall–Kier alpha value is -1.19. The van der Waals surface area contributed by atoms with E-state index in [1.54, 1.807) is 0 Å². The van der Waals surface area contributed by atoms with E-state index in [0.717, 1.165) is 18.7 Å². The summed E-state index contributed by atoms with van der Waals surface area (Å²) in [6, 6.07) is 9.16. The van der Waals surface area contributed by atoms with E-state index in [1.165, 1.54) is 0 Å². The molecule has 0 spiro atoms. The van der Waals surface area contributed by atoms with Crippen molar-refractivity contribution >= 4 is 5.78 Å². The van der Waals surface area contributed by atoms with Crippen molar-refractivity contribution < 1.29 is 4.79 Å². The van der Waals surface area contributed by atoms with Crippen molar-refractivity contribution in [1.29, 1.82) is 0 Å². The number of hydrogen-bond donors (Lipinski definition) is 1. The number of piperazine rings is 1. The van der Waals surface area contributed by atoms with Crippen molar-refractivity contribution in [3.63, 3.8) is 0 Å². The second-order valence-corrected chi connectivity index (χ2v) is 3.36. The van der Waals surface area contributed by atoms with Crippen molar-refractivity contribution in [3.05, 3.63) is 35.9 Å². The second kappa shape index (κ2) is 4.35. The van der Waals surface area contributed by atoms with Crippen LogP contribution in [0, 0.1) is 0 Å². The van der Waals surface area contributed by atoms with Crippen molar-refractivity contribution in [2.45, 2.75) is 6.04 Å². The molecule has 2 rings (SSSR count). The lowest BCUT2D eigenvalue weighted by Gasteiger charge is -2.21. The lowest BCUT2D eigenvalue weighted by molar-refractivity contribution is 0.0932. The molecule has 1 heterocycles. The first kappa shape index (κ1) is 9.37. The Labute approximate surface area is 83.5 Å². The van der Waals surface area contributed by atoms with Gasteiger partial charge in [0.25, 0.3) is 0 Å². The van der Waals surface area contributed by atoms with Crippen molar-refractivity contribution in [3.8, 4) is 0 Å². The first-order valence-electron chi connectivity index (χ1n) is 4.84. The van der Waals surface area contributed by atoms with E-state index in [2.05, 4.69) is 10.6 Å². The van der Waals surface area contributed by atoms with Crippen LogP contribution in [-0.4, -0.2) is 31.5 Å². The van der Waals surface area contributed by atoms with Crippen LogP contribution in [-0.2, 0) is 0 Å². The fourth-order valence-corrected chi connectivity index (χ4v) is 1.57. The number of nitrogens with zero attached hydrogens (tertiary/aromatic N) is 1. The highest BCUT2D eigenvalue weighted by Crippen LogP contribution is 2.04. The standard InChI is InChI=1S/C11H13N2O/c14-11(9-4-2-1-3-5-9)10-8-12-6-7-13-10/h1-5,10,12H,6-8H2. The first-order chi connectivity index (χ1) is 6.88. The normalized spacial score (nSPS) is 21.9. The zero-order valence-corrected chi connectivity index (χ0v) is 7.94. The number of hydrogen-bond acceptors (Lipinski definition) is 2. The van der Waals surface area contributed by atoms with Gasteiger partial charge in [-0.2, -0.15) is 0 Å². The Morgan fingerprint density at radius 2 is 2.14 bits per heavy atom. The average molecular weight is 189 g/mol. The van der Waals surface area contributed by atoms with Crippen molar-refractivity contribution in [2.24, 2.45) is 0 Å². The number of benzene rings is 1. The van der Waals surface area contributed by atoms with Crippen LogP contribution in [0.5, 0.6) is 0 Å². The highest BCUT2D eigenvalue weighted by molar-refractivity contribution is 6.00. The lowest BCUT2D eigenvalue weighted by Crippen LogP contribution is -2.48. The molecule has 1 aromatic carbocycles. The van der Waals surface area contributed by atoms with E-state index >= 15 is 0 Å². The third-order valence-electron chi connectivity index (χ3n) is 2.34. The van der Waals surface area contributed by atoms with Crippen LogP contribution in [0.4, 0.5) is 0 Å². The molecule has 0 saturated carbocycles. The van der Waals surface area contributed by atoms with Gasteiger partial charge in [0, 0.05) is 25.2 Å². The van der Waals surface area contributed by atoms with Gasteiger partial charge < -0.3 is 5.32 Å². The largest absolute Gasteiger partial charge is 0.313 e. The molecule has 0 aromatic heterocycles. The maximum Gasteiger partial charge on any atom is 0.182 e. The smallest absolute Gasteiger partial charge is 0.182 e. The van der Waals surface area contributed by atoms with Gasteiger partial charge in [0.15, 0.2) is 5.78 Å². The van der Waals surface area contributed by atoms with Crippen LogP contribution < -0.4 is 10.6 Å². The van der Waals surface area contributed by atoms with Gasteiger partial charge in [0.1, 0.15) is 6.04 Å². The van der Waals surface area contributed by atoms with Gasteiger partial charge >= 0.3 is 0 Å². The molecule has 14 heavy (non-hydrogen) atoms. The molecule has 0 aliphatic carbocycles. The fourth-order valence-electron chi connectivity index (χ4n) is 1.57. The number of carbonyl (C=O) groups is 1. The topological polar surface area (TPSA) is 43.2 Å². The zero-order chi connectivity index (χ0) is 9.80. The van der Waals surface area contributed by atoms with Gasteiger partial charge in [-0.1, -0.05) is 30.3 Å². The van der Waals surface area contributed by atoms with E-state index in [4.69, 9.17) is 0 Å². The van der Waals surface area contributed by atoms with Gasteiger partial charge in [0.2, 0.25) is 0 Å². The van der Waals surface area contributed by atoms with Crippen LogP contribution in [0.1, 0.15) is 10.4 Å². The summed E-state index contributed by atoms with van der Waals surface area (Å²) < 4.78 is 0. The molecule has 1 aliphatic heterocycles. The van der Waals surface area contributed by atoms with E-state index in [-0.39, 0.29) is 11.8 Å². The molecule has 1 saturated heterocycles. The Morgan fingerprint density at radius 3 is 2.79 bits per heavy atom. The Morgan fingerprint density at radius 1 is 1.36 bits per heavy atom. The summed E-state index contributed by atoms with van der Waals surface area (Å²) >= 11 is 0. The predicted octanol–water partition coefficient (Wildman–Crippen LogP) is 0.446. The van der Waals surface area contributed by atoms with Crippen LogP contribution in [0.15, 0.2) is 30.3 Å². The maximum atomic E-state index is 11.9. The van der Waals surface area contributed by atoms with Crippen LogP contribution in [0.3, 0.4) is 0 Å². The van der Waals surface area contributed by atoms with Gasteiger partial charge in [-0.05, 0) is 0 Å². The number of rotatable bonds is 2. The molecule has 1 atom stereocenters.